The summed E-state index contributed by atoms with van der Waals surface area (Å²) in [6.07, 6.45) is 4.88. The molecule has 122 valence electrons. The van der Waals surface area contributed by atoms with Gasteiger partial charge in [0.25, 0.3) is 0 Å². The van der Waals surface area contributed by atoms with Gasteiger partial charge in [0.15, 0.2) is 0 Å². The van der Waals surface area contributed by atoms with E-state index < -0.39 is 5.91 Å². The van der Waals surface area contributed by atoms with E-state index in [0.29, 0.717) is 12.2 Å². The van der Waals surface area contributed by atoms with E-state index in [1.54, 1.807) is 17.5 Å². The second-order valence-electron chi connectivity index (χ2n) is 5.49. The van der Waals surface area contributed by atoms with Crippen LogP contribution in [0.4, 0.5) is 10.5 Å². The first-order chi connectivity index (χ1) is 11.1. The molecule has 0 fully saturated rings. The Hall–Kier alpha value is -2.35. The molecule has 0 spiro atoms. The number of nitrogens with two attached hydrogens (primary N) is 1. The van der Waals surface area contributed by atoms with Crippen molar-refractivity contribution in [3.8, 4) is 0 Å². The lowest BCUT2D eigenvalue weighted by Gasteiger charge is -2.35. The average molecular weight is 333 g/mol. The number of primary amides is 1. The topological polar surface area (TPSA) is 93.2 Å². The number of aromatic nitrogens is 2. The maximum atomic E-state index is 12.6. The summed E-state index contributed by atoms with van der Waals surface area (Å²) < 4.78 is 1.41. The SMILES string of the molecule is CCC1c2ccsc2CCN1C(=O)Nc1cnn(CC(N)=O)c1. The number of nitrogens with one attached hydrogen (secondary N) is 1. The van der Waals surface area contributed by atoms with Crippen LogP contribution in [-0.4, -0.2) is 33.2 Å². The average Bonchev–Trinajstić information content (AvgIpc) is 3.14. The van der Waals surface area contributed by atoms with Gasteiger partial charge in [-0.15, -0.1) is 11.3 Å². The van der Waals surface area contributed by atoms with Crippen LogP contribution < -0.4 is 11.1 Å². The van der Waals surface area contributed by atoms with Crippen molar-refractivity contribution < 1.29 is 9.59 Å². The molecular weight excluding hydrogens is 314 g/mol. The zero-order valence-corrected chi connectivity index (χ0v) is 13.7. The second-order valence-corrected chi connectivity index (χ2v) is 6.49. The third-order valence-corrected chi connectivity index (χ3v) is 4.94. The molecule has 1 aliphatic rings. The first-order valence-corrected chi connectivity index (χ1v) is 8.41. The maximum absolute atomic E-state index is 12.6. The van der Waals surface area contributed by atoms with E-state index >= 15 is 0 Å². The zero-order valence-electron chi connectivity index (χ0n) is 12.9. The molecule has 0 aliphatic carbocycles. The molecular formula is C15H19N5O2S. The fraction of sp³-hybridized carbons (Fsp3) is 0.400. The van der Waals surface area contributed by atoms with Crippen molar-refractivity contribution in [3.63, 3.8) is 0 Å². The van der Waals surface area contributed by atoms with Gasteiger partial charge in [0.05, 0.1) is 17.9 Å². The normalized spacial score (nSPS) is 16.9. The van der Waals surface area contributed by atoms with Crippen LogP contribution in [0.1, 0.15) is 29.8 Å². The number of carbonyl (C=O) groups excluding carboxylic acids is 2. The molecule has 8 heteroatoms. The fourth-order valence-corrected chi connectivity index (χ4v) is 3.88. The molecule has 3 heterocycles. The number of rotatable bonds is 4. The Kier molecular flexibility index (Phi) is 4.33. The van der Waals surface area contributed by atoms with Crippen molar-refractivity contribution in [2.75, 3.05) is 11.9 Å². The van der Waals surface area contributed by atoms with E-state index in [-0.39, 0.29) is 18.6 Å². The van der Waals surface area contributed by atoms with Crippen LogP contribution in [0.25, 0.3) is 0 Å². The van der Waals surface area contributed by atoms with Crippen molar-refractivity contribution in [2.45, 2.75) is 32.4 Å². The lowest BCUT2D eigenvalue weighted by atomic mass is 9.98. The summed E-state index contributed by atoms with van der Waals surface area (Å²) in [7, 11) is 0. The summed E-state index contributed by atoms with van der Waals surface area (Å²) in [5.41, 5.74) is 6.94. The number of hydrogen-bond acceptors (Lipinski definition) is 4. The van der Waals surface area contributed by atoms with Crippen LogP contribution in [-0.2, 0) is 17.8 Å². The summed E-state index contributed by atoms with van der Waals surface area (Å²) in [6, 6.07) is 2.07. The molecule has 0 radical (unpaired) electrons. The highest BCUT2D eigenvalue weighted by molar-refractivity contribution is 7.10. The maximum Gasteiger partial charge on any atom is 0.322 e. The number of nitrogens with zero attached hydrogens (tertiary/aromatic N) is 3. The molecule has 0 saturated carbocycles. The molecule has 1 atom stereocenters. The van der Waals surface area contributed by atoms with E-state index in [1.807, 2.05) is 4.90 Å². The molecule has 2 aromatic rings. The Balaban J connectivity index is 1.71. The van der Waals surface area contributed by atoms with Gasteiger partial charge in [0, 0.05) is 17.6 Å². The predicted octanol–water partition coefficient (Wildman–Crippen LogP) is 1.97. The molecule has 0 bridgehead atoms. The van der Waals surface area contributed by atoms with Crippen LogP contribution >= 0.6 is 11.3 Å². The van der Waals surface area contributed by atoms with Gasteiger partial charge >= 0.3 is 6.03 Å². The Morgan fingerprint density at radius 1 is 1.52 bits per heavy atom. The minimum Gasteiger partial charge on any atom is -0.368 e. The molecule has 3 rings (SSSR count). The Morgan fingerprint density at radius 3 is 3.09 bits per heavy atom. The third kappa shape index (κ3) is 3.21. The predicted molar refractivity (Wildman–Crippen MR) is 88.2 cm³/mol. The number of thiophene rings is 1. The molecule has 3 N–H and O–H groups in total. The fourth-order valence-electron chi connectivity index (χ4n) is 2.95. The molecule has 7 nitrogen and oxygen atoms in total. The van der Waals surface area contributed by atoms with Crippen molar-refractivity contribution in [2.24, 2.45) is 5.73 Å². The number of urea groups is 1. The summed E-state index contributed by atoms with van der Waals surface area (Å²) in [6.45, 7) is 2.78. The van der Waals surface area contributed by atoms with E-state index in [0.717, 1.165) is 12.8 Å². The highest BCUT2D eigenvalue weighted by atomic mass is 32.1. The number of amides is 3. The van der Waals surface area contributed by atoms with Gasteiger partial charge in [0.1, 0.15) is 6.54 Å². The van der Waals surface area contributed by atoms with Gasteiger partial charge in [-0.25, -0.2) is 4.79 Å². The van der Waals surface area contributed by atoms with Gasteiger partial charge in [-0.2, -0.15) is 5.10 Å². The van der Waals surface area contributed by atoms with Gasteiger partial charge in [-0.05, 0) is 29.9 Å². The van der Waals surface area contributed by atoms with Gasteiger partial charge in [-0.1, -0.05) is 6.92 Å². The lowest BCUT2D eigenvalue weighted by molar-refractivity contribution is -0.118. The Bertz CT molecular complexity index is 723. The van der Waals surface area contributed by atoms with E-state index in [4.69, 9.17) is 5.73 Å². The number of fused-ring (bicyclic) bond motifs is 1. The van der Waals surface area contributed by atoms with Crippen LogP contribution in [0, 0.1) is 0 Å². The Labute approximate surface area is 138 Å². The summed E-state index contributed by atoms with van der Waals surface area (Å²) in [5, 5.41) is 8.94. The quantitative estimate of drug-likeness (QED) is 0.896. The van der Waals surface area contributed by atoms with Crippen LogP contribution in [0.2, 0.25) is 0 Å². The molecule has 23 heavy (non-hydrogen) atoms. The van der Waals surface area contributed by atoms with E-state index in [2.05, 4.69) is 28.8 Å². The Morgan fingerprint density at radius 2 is 2.35 bits per heavy atom. The first kappa shape index (κ1) is 15.5. The van der Waals surface area contributed by atoms with Crippen molar-refractivity contribution in [1.82, 2.24) is 14.7 Å². The summed E-state index contributed by atoms with van der Waals surface area (Å²) in [5.74, 6) is -0.474. The molecule has 0 aromatic carbocycles. The molecule has 0 saturated heterocycles. The van der Waals surface area contributed by atoms with Gasteiger partial charge in [0.2, 0.25) is 5.91 Å². The molecule has 2 aromatic heterocycles. The van der Waals surface area contributed by atoms with Crippen molar-refractivity contribution in [1.29, 1.82) is 0 Å². The summed E-state index contributed by atoms with van der Waals surface area (Å²) in [4.78, 5) is 26.7. The van der Waals surface area contributed by atoms with Gasteiger partial charge < -0.3 is 16.0 Å². The highest BCUT2D eigenvalue weighted by Gasteiger charge is 2.30. The number of carbonyl (C=O) groups is 2. The smallest absolute Gasteiger partial charge is 0.322 e. The zero-order chi connectivity index (χ0) is 16.4. The van der Waals surface area contributed by atoms with E-state index in [1.165, 1.54) is 21.3 Å². The molecule has 3 amide bonds. The minimum absolute atomic E-state index is 0.00453. The third-order valence-electron chi connectivity index (χ3n) is 3.94. The molecule has 1 aliphatic heterocycles. The molecule has 1 unspecified atom stereocenters. The second kappa shape index (κ2) is 6.41. The summed E-state index contributed by atoms with van der Waals surface area (Å²) >= 11 is 1.76. The minimum atomic E-state index is -0.474. The van der Waals surface area contributed by atoms with Crippen LogP contribution in [0.3, 0.4) is 0 Å². The highest BCUT2D eigenvalue weighted by Crippen LogP contribution is 2.35. The monoisotopic (exact) mass is 333 g/mol. The first-order valence-electron chi connectivity index (χ1n) is 7.53. The lowest BCUT2D eigenvalue weighted by Crippen LogP contribution is -2.41. The number of anilines is 1. The van der Waals surface area contributed by atoms with Gasteiger partial charge in [-0.3, -0.25) is 9.48 Å². The van der Waals surface area contributed by atoms with Crippen LogP contribution in [0.5, 0.6) is 0 Å². The largest absolute Gasteiger partial charge is 0.368 e. The van der Waals surface area contributed by atoms with E-state index in [9.17, 15) is 9.59 Å². The number of hydrogen-bond donors (Lipinski definition) is 2. The van der Waals surface area contributed by atoms with Crippen molar-refractivity contribution >= 4 is 29.0 Å². The van der Waals surface area contributed by atoms with Crippen molar-refractivity contribution in [3.05, 3.63) is 34.3 Å². The van der Waals surface area contributed by atoms with Crippen LogP contribution in [0.15, 0.2) is 23.8 Å². The standard InChI is InChI=1S/C15H19N5O2S/c1-2-12-11-4-6-23-13(11)3-5-20(12)15(22)18-10-7-17-19(8-10)9-14(16)21/h4,6-8,12H,2-3,5,9H2,1H3,(H2,16,21)(H,18,22).